The molecule has 0 spiro atoms. The Balaban J connectivity index is 2.40. The van der Waals surface area contributed by atoms with Gasteiger partial charge >= 0.3 is 6.03 Å². The van der Waals surface area contributed by atoms with Crippen molar-refractivity contribution >= 4 is 6.03 Å². The van der Waals surface area contributed by atoms with Gasteiger partial charge < -0.3 is 10.6 Å². The fourth-order valence-corrected chi connectivity index (χ4v) is 1.32. The quantitative estimate of drug-likeness (QED) is 0.782. The zero-order valence-corrected chi connectivity index (χ0v) is 9.50. The number of nitrogens with one attached hydrogen (secondary N) is 2. The summed E-state index contributed by atoms with van der Waals surface area (Å²) in [5.74, 6) is 0. The minimum atomic E-state index is -0.119. The van der Waals surface area contributed by atoms with Crippen molar-refractivity contribution < 1.29 is 4.79 Å². The van der Waals surface area contributed by atoms with E-state index in [1.165, 1.54) is 5.56 Å². The maximum absolute atomic E-state index is 11.3. The molecule has 3 nitrogen and oxygen atoms in total. The Morgan fingerprint density at radius 1 is 1.40 bits per heavy atom. The maximum atomic E-state index is 11.3. The lowest BCUT2D eigenvalue weighted by Crippen LogP contribution is -2.39. The molecular weight excluding hydrogens is 188 g/mol. The summed E-state index contributed by atoms with van der Waals surface area (Å²) in [6.45, 7) is 6.48. The van der Waals surface area contributed by atoms with Gasteiger partial charge in [0, 0.05) is 12.6 Å². The van der Waals surface area contributed by atoms with Crippen LogP contribution in [0.3, 0.4) is 0 Å². The van der Waals surface area contributed by atoms with Gasteiger partial charge in [-0.2, -0.15) is 0 Å². The van der Waals surface area contributed by atoms with Crippen LogP contribution in [0.1, 0.15) is 25.0 Å². The summed E-state index contributed by atoms with van der Waals surface area (Å²) in [4.78, 5) is 11.3. The average molecular weight is 206 g/mol. The number of amides is 2. The molecule has 0 saturated carbocycles. The molecule has 0 aliphatic rings. The van der Waals surface area contributed by atoms with Crippen LogP contribution in [-0.2, 0) is 6.54 Å². The Hall–Kier alpha value is -1.51. The van der Waals surface area contributed by atoms with Crippen molar-refractivity contribution in [2.45, 2.75) is 33.4 Å². The van der Waals surface area contributed by atoms with Gasteiger partial charge in [-0.3, -0.25) is 0 Å². The number of aryl methyl sites for hydroxylation is 1. The summed E-state index contributed by atoms with van der Waals surface area (Å²) in [7, 11) is 0. The first-order chi connectivity index (χ1) is 7.08. The van der Waals surface area contributed by atoms with Gasteiger partial charge in [0.15, 0.2) is 0 Å². The predicted octanol–water partition coefficient (Wildman–Crippen LogP) is 2.20. The molecule has 82 valence electrons. The SMILES string of the molecule is Cc1cccc(CNC(=O)NC(C)C)c1. The summed E-state index contributed by atoms with van der Waals surface area (Å²) >= 11 is 0. The van der Waals surface area contributed by atoms with Gasteiger partial charge in [0.2, 0.25) is 0 Å². The van der Waals surface area contributed by atoms with Crippen LogP contribution < -0.4 is 10.6 Å². The Bertz CT molecular complexity index is 334. The number of urea groups is 1. The molecule has 0 aromatic heterocycles. The number of carbonyl (C=O) groups is 1. The smallest absolute Gasteiger partial charge is 0.315 e. The molecule has 0 atom stereocenters. The lowest BCUT2D eigenvalue weighted by molar-refractivity contribution is 0.238. The summed E-state index contributed by atoms with van der Waals surface area (Å²) < 4.78 is 0. The first-order valence-corrected chi connectivity index (χ1v) is 5.18. The van der Waals surface area contributed by atoms with Gasteiger partial charge in [-0.15, -0.1) is 0 Å². The highest BCUT2D eigenvalue weighted by Gasteiger charge is 2.01. The Morgan fingerprint density at radius 2 is 2.13 bits per heavy atom. The van der Waals surface area contributed by atoms with Crippen LogP contribution in [0.2, 0.25) is 0 Å². The van der Waals surface area contributed by atoms with E-state index in [-0.39, 0.29) is 12.1 Å². The van der Waals surface area contributed by atoms with E-state index in [2.05, 4.69) is 16.7 Å². The van der Waals surface area contributed by atoms with E-state index < -0.39 is 0 Å². The molecule has 0 aliphatic heterocycles. The van der Waals surface area contributed by atoms with Crippen molar-refractivity contribution in [2.75, 3.05) is 0 Å². The van der Waals surface area contributed by atoms with Gasteiger partial charge in [0.05, 0.1) is 0 Å². The van der Waals surface area contributed by atoms with E-state index >= 15 is 0 Å². The normalized spacial score (nSPS) is 10.1. The molecule has 0 bridgehead atoms. The molecule has 0 fully saturated rings. The number of rotatable bonds is 3. The van der Waals surface area contributed by atoms with Crippen LogP contribution in [-0.4, -0.2) is 12.1 Å². The van der Waals surface area contributed by atoms with Crippen molar-refractivity contribution in [2.24, 2.45) is 0 Å². The van der Waals surface area contributed by atoms with Crippen LogP contribution >= 0.6 is 0 Å². The summed E-state index contributed by atoms with van der Waals surface area (Å²) in [6.07, 6.45) is 0. The standard InChI is InChI=1S/C12H18N2O/c1-9(2)14-12(15)13-8-11-6-4-5-10(3)7-11/h4-7,9H,8H2,1-3H3,(H2,13,14,15). The zero-order valence-electron chi connectivity index (χ0n) is 9.50. The highest BCUT2D eigenvalue weighted by Crippen LogP contribution is 2.02. The molecule has 1 aromatic carbocycles. The number of carbonyl (C=O) groups excluding carboxylic acids is 1. The number of benzene rings is 1. The van der Waals surface area contributed by atoms with E-state index in [0.29, 0.717) is 6.54 Å². The van der Waals surface area contributed by atoms with Crippen molar-refractivity contribution in [1.82, 2.24) is 10.6 Å². The molecule has 15 heavy (non-hydrogen) atoms. The predicted molar refractivity (Wildman–Crippen MR) is 61.7 cm³/mol. The fourth-order valence-electron chi connectivity index (χ4n) is 1.32. The molecule has 0 heterocycles. The zero-order chi connectivity index (χ0) is 11.3. The van der Waals surface area contributed by atoms with Gasteiger partial charge in [-0.25, -0.2) is 4.79 Å². The largest absolute Gasteiger partial charge is 0.336 e. The van der Waals surface area contributed by atoms with Crippen molar-refractivity contribution in [3.63, 3.8) is 0 Å². The third kappa shape index (κ3) is 4.49. The molecule has 0 radical (unpaired) electrons. The van der Waals surface area contributed by atoms with E-state index in [0.717, 1.165) is 5.56 Å². The van der Waals surface area contributed by atoms with Gasteiger partial charge in [-0.05, 0) is 26.3 Å². The van der Waals surface area contributed by atoms with Crippen LogP contribution in [0, 0.1) is 6.92 Å². The van der Waals surface area contributed by atoms with E-state index in [1.54, 1.807) is 0 Å². The summed E-state index contributed by atoms with van der Waals surface area (Å²) in [6, 6.07) is 8.15. The first-order valence-electron chi connectivity index (χ1n) is 5.18. The third-order valence-corrected chi connectivity index (χ3v) is 1.96. The second-order valence-corrected chi connectivity index (χ2v) is 3.97. The van der Waals surface area contributed by atoms with Gasteiger partial charge in [-0.1, -0.05) is 29.8 Å². The van der Waals surface area contributed by atoms with Crippen molar-refractivity contribution in [3.8, 4) is 0 Å². The molecule has 1 aromatic rings. The van der Waals surface area contributed by atoms with Gasteiger partial charge in [0.25, 0.3) is 0 Å². The highest BCUT2D eigenvalue weighted by molar-refractivity contribution is 5.74. The van der Waals surface area contributed by atoms with Crippen LogP contribution in [0.15, 0.2) is 24.3 Å². The van der Waals surface area contributed by atoms with E-state index in [4.69, 9.17) is 0 Å². The average Bonchev–Trinajstić information content (AvgIpc) is 2.14. The molecule has 2 amide bonds. The monoisotopic (exact) mass is 206 g/mol. The number of hydrogen-bond donors (Lipinski definition) is 2. The fraction of sp³-hybridized carbons (Fsp3) is 0.417. The molecule has 1 rings (SSSR count). The first kappa shape index (κ1) is 11.6. The molecule has 0 saturated heterocycles. The maximum Gasteiger partial charge on any atom is 0.315 e. The molecule has 0 unspecified atom stereocenters. The topological polar surface area (TPSA) is 41.1 Å². The highest BCUT2D eigenvalue weighted by atomic mass is 16.2. The molecule has 2 N–H and O–H groups in total. The van der Waals surface area contributed by atoms with Crippen LogP contribution in [0.5, 0.6) is 0 Å². The second kappa shape index (κ2) is 5.39. The van der Waals surface area contributed by atoms with E-state index in [9.17, 15) is 4.79 Å². The molecule has 3 heteroatoms. The second-order valence-electron chi connectivity index (χ2n) is 3.97. The third-order valence-electron chi connectivity index (χ3n) is 1.96. The molecular formula is C12H18N2O. The van der Waals surface area contributed by atoms with Crippen molar-refractivity contribution in [1.29, 1.82) is 0 Å². The summed E-state index contributed by atoms with van der Waals surface area (Å²) in [5, 5.41) is 5.59. The summed E-state index contributed by atoms with van der Waals surface area (Å²) in [5.41, 5.74) is 2.33. The number of hydrogen-bond acceptors (Lipinski definition) is 1. The minimum Gasteiger partial charge on any atom is -0.336 e. The van der Waals surface area contributed by atoms with Crippen LogP contribution in [0.4, 0.5) is 4.79 Å². The molecule has 0 aliphatic carbocycles. The van der Waals surface area contributed by atoms with Gasteiger partial charge in [0.1, 0.15) is 0 Å². The van der Waals surface area contributed by atoms with Crippen molar-refractivity contribution in [3.05, 3.63) is 35.4 Å². The van der Waals surface area contributed by atoms with Crippen LogP contribution in [0.25, 0.3) is 0 Å². The lowest BCUT2D eigenvalue weighted by Gasteiger charge is -2.10. The Kier molecular flexibility index (Phi) is 4.16. The lowest BCUT2D eigenvalue weighted by atomic mass is 10.1. The minimum absolute atomic E-state index is 0.119. The van der Waals surface area contributed by atoms with E-state index in [1.807, 2.05) is 39.0 Å². The Morgan fingerprint density at radius 3 is 2.73 bits per heavy atom. The Labute approximate surface area is 90.9 Å².